The molecule has 1 aromatic carbocycles. The van der Waals surface area contributed by atoms with Gasteiger partial charge in [0, 0.05) is 33.8 Å². The average molecular weight is 306 g/mol. The minimum Gasteiger partial charge on any atom is -0.339 e. The minimum atomic E-state index is 0.125. The third-order valence-electron chi connectivity index (χ3n) is 3.56. The molecule has 1 aliphatic heterocycles. The molecule has 0 bridgehead atoms. The number of hydrogen-bond acceptors (Lipinski definition) is 2. The summed E-state index contributed by atoms with van der Waals surface area (Å²) < 4.78 is 1.16. The molecule has 3 rings (SSSR count). The number of rotatable bonds is 2. The van der Waals surface area contributed by atoms with Crippen LogP contribution in [0.25, 0.3) is 16.2 Å². The molecular weight excluding hydrogens is 290 g/mol. The number of benzene rings is 1. The van der Waals surface area contributed by atoms with E-state index in [-0.39, 0.29) is 5.91 Å². The molecule has 0 N–H and O–H groups in total. The Kier molecular flexibility index (Phi) is 4.08. The second-order valence-corrected chi connectivity index (χ2v) is 6.60. The number of fused-ring (bicyclic) bond motifs is 1. The van der Waals surface area contributed by atoms with E-state index < -0.39 is 0 Å². The summed E-state index contributed by atoms with van der Waals surface area (Å²) in [6.07, 6.45) is 7.10. The SMILES string of the molecule is O=C(C=Cc1cc2ccc(Cl)cc2s1)N1CCCCC1. The predicted octanol–water partition coefficient (Wildman–Crippen LogP) is 4.58. The smallest absolute Gasteiger partial charge is 0.246 e. The monoisotopic (exact) mass is 305 g/mol. The van der Waals surface area contributed by atoms with Crippen LogP contribution in [0.5, 0.6) is 0 Å². The molecule has 0 atom stereocenters. The topological polar surface area (TPSA) is 20.3 Å². The van der Waals surface area contributed by atoms with Gasteiger partial charge in [-0.05, 0) is 48.9 Å². The average Bonchev–Trinajstić information content (AvgIpc) is 2.87. The summed E-state index contributed by atoms with van der Waals surface area (Å²) in [7, 11) is 0. The Hall–Kier alpha value is -1.32. The first kappa shape index (κ1) is 13.7. The molecule has 0 aliphatic carbocycles. The molecule has 2 heterocycles. The fourth-order valence-corrected chi connectivity index (χ4v) is 3.72. The standard InChI is InChI=1S/C16H16ClNOS/c17-13-5-4-12-10-14(20-15(12)11-13)6-7-16(19)18-8-2-1-3-9-18/h4-7,10-11H,1-3,8-9H2. The van der Waals surface area contributed by atoms with E-state index in [1.165, 1.54) is 11.8 Å². The Bertz CT molecular complexity index is 656. The van der Waals surface area contributed by atoms with Crippen molar-refractivity contribution in [3.8, 4) is 0 Å². The van der Waals surface area contributed by atoms with Crippen LogP contribution in [-0.4, -0.2) is 23.9 Å². The maximum atomic E-state index is 12.1. The summed E-state index contributed by atoms with van der Waals surface area (Å²) in [5, 5.41) is 1.92. The molecule has 2 nitrogen and oxygen atoms in total. The maximum Gasteiger partial charge on any atom is 0.246 e. The van der Waals surface area contributed by atoms with Crippen molar-refractivity contribution in [1.82, 2.24) is 4.90 Å². The number of likely N-dealkylation sites (tertiary alicyclic amines) is 1. The van der Waals surface area contributed by atoms with E-state index in [1.807, 2.05) is 29.2 Å². The summed E-state index contributed by atoms with van der Waals surface area (Å²) >= 11 is 7.64. The van der Waals surface area contributed by atoms with E-state index in [9.17, 15) is 4.79 Å². The van der Waals surface area contributed by atoms with Gasteiger partial charge in [0.15, 0.2) is 0 Å². The van der Waals surface area contributed by atoms with Crippen molar-refractivity contribution in [2.24, 2.45) is 0 Å². The second kappa shape index (κ2) is 5.98. The van der Waals surface area contributed by atoms with E-state index in [4.69, 9.17) is 11.6 Å². The first-order valence-electron chi connectivity index (χ1n) is 6.88. The van der Waals surface area contributed by atoms with Crippen LogP contribution in [0.2, 0.25) is 5.02 Å². The van der Waals surface area contributed by atoms with E-state index in [0.29, 0.717) is 0 Å². The number of hydrogen-bond donors (Lipinski definition) is 0. The van der Waals surface area contributed by atoms with Gasteiger partial charge in [-0.15, -0.1) is 11.3 Å². The van der Waals surface area contributed by atoms with E-state index in [2.05, 4.69) is 6.07 Å². The lowest BCUT2D eigenvalue weighted by Gasteiger charge is -2.25. The molecule has 1 aromatic heterocycles. The van der Waals surface area contributed by atoms with Crippen LogP contribution in [-0.2, 0) is 4.79 Å². The van der Waals surface area contributed by atoms with Crippen LogP contribution in [0.15, 0.2) is 30.3 Å². The zero-order chi connectivity index (χ0) is 13.9. The quantitative estimate of drug-likeness (QED) is 0.744. The molecule has 1 saturated heterocycles. The number of carbonyl (C=O) groups excluding carboxylic acids is 1. The Morgan fingerprint density at radius 1 is 1.20 bits per heavy atom. The highest BCUT2D eigenvalue weighted by Gasteiger charge is 2.13. The summed E-state index contributed by atoms with van der Waals surface area (Å²) in [5.41, 5.74) is 0. The lowest BCUT2D eigenvalue weighted by Crippen LogP contribution is -2.34. The molecule has 1 aliphatic rings. The van der Waals surface area contributed by atoms with Gasteiger partial charge in [0.1, 0.15) is 0 Å². The van der Waals surface area contributed by atoms with Crippen molar-refractivity contribution < 1.29 is 4.79 Å². The molecule has 0 unspecified atom stereocenters. The molecule has 104 valence electrons. The van der Waals surface area contributed by atoms with Crippen LogP contribution in [0, 0.1) is 0 Å². The highest BCUT2D eigenvalue weighted by Crippen LogP contribution is 2.29. The highest BCUT2D eigenvalue weighted by molar-refractivity contribution is 7.19. The van der Waals surface area contributed by atoms with E-state index in [1.54, 1.807) is 17.4 Å². The molecule has 4 heteroatoms. The van der Waals surface area contributed by atoms with Crippen LogP contribution < -0.4 is 0 Å². The van der Waals surface area contributed by atoms with Crippen molar-refractivity contribution in [3.63, 3.8) is 0 Å². The summed E-state index contributed by atoms with van der Waals surface area (Å²) in [6.45, 7) is 1.79. The van der Waals surface area contributed by atoms with Crippen molar-refractivity contribution >= 4 is 45.0 Å². The van der Waals surface area contributed by atoms with Crippen LogP contribution in [0.4, 0.5) is 0 Å². The van der Waals surface area contributed by atoms with Crippen molar-refractivity contribution in [1.29, 1.82) is 0 Å². The fourth-order valence-electron chi connectivity index (χ4n) is 2.48. The molecule has 0 spiro atoms. The molecular formula is C16H16ClNOS. The van der Waals surface area contributed by atoms with E-state index in [0.717, 1.165) is 40.5 Å². The third kappa shape index (κ3) is 3.05. The molecule has 0 radical (unpaired) electrons. The molecule has 0 saturated carbocycles. The Balaban J connectivity index is 1.74. The first-order chi connectivity index (χ1) is 9.72. The van der Waals surface area contributed by atoms with Gasteiger partial charge in [-0.2, -0.15) is 0 Å². The number of thiophene rings is 1. The summed E-state index contributed by atoms with van der Waals surface area (Å²) in [4.78, 5) is 15.1. The normalized spacial score (nSPS) is 16.1. The molecule has 1 fully saturated rings. The Morgan fingerprint density at radius 2 is 2.00 bits per heavy atom. The summed E-state index contributed by atoms with van der Waals surface area (Å²) in [5.74, 6) is 0.125. The van der Waals surface area contributed by atoms with Crippen LogP contribution in [0.1, 0.15) is 24.1 Å². The van der Waals surface area contributed by atoms with Gasteiger partial charge in [-0.3, -0.25) is 4.79 Å². The first-order valence-corrected chi connectivity index (χ1v) is 8.08. The van der Waals surface area contributed by atoms with Gasteiger partial charge in [0.2, 0.25) is 5.91 Å². The van der Waals surface area contributed by atoms with Gasteiger partial charge in [0.05, 0.1) is 0 Å². The lowest BCUT2D eigenvalue weighted by molar-refractivity contribution is -0.126. The predicted molar refractivity (Wildman–Crippen MR) is 86.3 cm³/mol. The van der Waals surface area contributed by atoms with Crippen LogP contribution in [0.3, 0.4) is 0 Å². The van der Waals surface area contributed by atoms with Crippen molar-refractivity contribution in [3.05, 3.63) is 40.2 Å². The highest BCUT2D eigenvalue weighted by atomic mass is 35.5. The summed E-state index contributed by atoms with van der Waals surface area (Å²) in [6, 6.07) is 7.96. The molecule has 20 heavy (non-hydrogen) atoms. The number of nitrogens with zero attached hydrogens (tertiary/aromatic N) is 1. The lowest BCUT2D eigenvalue weighted by atomic mass is 10.1. The van der Waals surface area contributed by atoms with Gasteiger partial charge < -0.3 is 4.90 Å². The zero-order valence-electron chi connectivity index (χ0n) is 11.1. The van der Waals surface area contributed by atoms with Crippen molar-refractivity contribution in [2.45, 2.75) is 19.3 Å². The number of amides is 1. The molecule has 1 amide bonds. The van der Waals surface area contributed by atoms with Gasteiger partial charge in [-0.1, -0.05) is 17.7 Å². The minimum absolute atomic E-state index is 0.125. The van der Waals surface area contributed by atoms with E-state index >= 15 is 0 Å². The third-order valence-corrected chi connectivity index (χ3v) is 4.86. The van der Waals surface area contributed by atoms with Gasteiger partial charge >= 0.3 is 0 Å². The van der Waals surface area contributed by atoms with Gasteiger partial charge in [-0.25, -0.2) is 0 Å². The molecule has 2 aromatic rings. The largest absolute Gasteiger partial charge is 0.339 e. The maximum absolute atomic E-state index is 12.1. The fraction of sp³-hybridized carbons (Fsp3) is 0.312. The Labute approximate surface area is 127 Å². The van der Waals surface area contributed by atoms with Crippen LogP contribution >= 0.6 is 22.9 Å². The Morgan fingerprint density at radius 3 is 2.80 bits per heavy atom. The zero-order valence-corrected chi connectivity index (χ0v) is 12.7. The van der Waals surface area contributed by atoms with Gasteiger partial charge in [0.25, 0.3) is 0 Å². The number of piperidine rings is 1. The van der Waals surface area contributed by atoms with Crippen molar-refractivity contribution in [2.75, 3.05) is 13.1 Å². The number of halogens is 1. The number of carbonyl (C=O) groups is 1. The second-order valence-electron chi connectivity index (χ2n) is 5.05.